The normalized spacial score (nSPS) is 13.9. The summed E-state index contributed by atoms with van der Waals surface area (Å²) in [5, 5.41) is 5.25. The van der Waals surface area contributed by atoms with E-state index in [1.54, 1.807) is 18.2 Å². The lowest BCUT2D eigenvalue weighted by Gasteiger charge is -2.23. The smallest absolute Gasteiger partial charge is 0.370 e. The van der Waals surface area contributed by atoms with Crippen molar-refractivity contribution in [1.29, 1.82) is 0 Å². The van der Waals surface area contributed by atoms with Gasteiger partial charge in [0.05, 0.1) is 16.9 Å². The molecule has 0 radical (unpaired) electrons. The number of hydrogen-bond acceptors (Lipinski definition) is 3. The van der Waals surface area contributed by atoms with Crippen molar-refractivity contribution in [1.82, 2.24) is 5.32 Å². The molecule has 2 aromatic rings. The van der Waals surface area contributed by atoms with Gasteiger partial charge in [-0.2, -0.15) is 13.2 Å². The zero-order valence-electron chi connectivity index (χ0n) is 16.7. The number of hydrogen-bond donors (Lipinski definition) is 2. The van der Waals surface area contributed by atoms with E-state index < -0.39 is 17.6 Å². The average Bonchev–Trinajstić information content (AvgIpc) is 3.21. The molecule has 1 aliphatic heterocycles. The summed E-state index contributed by atoms with van der Waals surface area (Å²) in [5.41, 5.74) is 1.34. The number of anilines is 2. The third-order valence-electron chi connectivity index (χ3n) is 4.96. The maximum atomic E-state index is 13.1. The average molecular weight is 419 g/mol. The van der Waals surface area contributed by atoms with Crippen LogP contribution in [0.4, 0.5) is 24.5 Å². The van der Waals surface area contributed by atoms with Crippen LogP contribution in [-0.4, -0.2) is 31.4 Å². The summed E-state index contributed by atoms with van der Waals surface area (Å²) in [6.45, 7) is 3.43. The van der Waals surface area contributed by atoms with Crippen LogP contribution in [0, 0.1) is 6.92 Å². The lowest BCUT2D eigenvalue weighted by molar-refractivity contribution is -0.137. The zero-order chi connectivity index (χ0) is 21.7. The monoisotopic (exact) mass is 419 g/mol. The van der Waals surface area contributed by atoms with E-state index in [-0.39, 0.29) is 24.6 Å². The van der Waals surface area contributed by atoms with Crippen LogP contribution >= 0.6 is 0 Å². The number of benzene rings is 2. The quantitative estimate of drug-likeness (QED) is 0.731. The van der Waals surface area contributed by atoms with Gasteiger partial charge in [-0.25, -0.2) is 0 Å². The minimum atomic E-state index is -4.50. The van der Waals surface area contributed by atoms with Gasteiger partial charge < -0.3 is 15.5 Å². The molecule has 1 heterocycles. The van der Waals surface area contributed by atoms with Gasteiger partial charge in [0.1, 0.15) is 0 Å². The van der Waals surface area contributed by atoms with E-state index in [0.717, 1.165) is 43.6 Å². The van der Waals surface area contributed by atoms with Crippen molar-refractivity contribution in [3.63, 3.8) is 0 Å². The minimum absolute atomic E-state index is 0.0484. The predicted octanol–water partition coefficient (Wildman–Crippen LogP) is 4.37. The fraction of sp³-hybridized carbons (Fsp3) is 0.364. The third-order valence-corrected chi connectivity index (χ3v) is 4.96. The highest BCUT2D eigenvalue weighted by molar-refractivity contribution is 5.96. The van der Waals surface area contributed by atoms with E-state index in [2.05, 4.69) is 10.6 Å². The predicted molar refractivity (Wildman–Crippen MR) is 110 cm³/mol. The van der Waals surface area contributed by atoms with E-state index in [0.29, 0.717) is 11.3 Å². The molecule has 0 spiro atoms. The van der Waals surface area contributed by atoms with Gasteiger partial charge in [-0.15, -0.1) is 0 Å². The van der Waals surface area contributed by atoms with E-state index in [1.807, 2.05) is 17.9 Å². The van der Waals surface area contributed by atoms with Gasteiger partial charge in [-0.3, -0.25) is 9.59 Å². The van der Waals surface area contributed by atoms with Crippen LogP contribution < -0.4 is 15.5 Å². The van der Waals surface area contributed by atoms with E-state index in [4.69, 9.17) is 0 Å². The van der Waals surface area contributed by atoms with Crippen LogP contribution in [0.1, 0.15) is 40.7 Å². The zero-order valence-corrected chi connectivity index (χ0v) is 16.7. The fourth-order valence-corrected chi connectivity index (χ4v) is 3.44. The number of alkyl halides is 3. The molecule has 0 atom stereocenters. The van der Waals surface area contributed by atoms with Crippen LogP contribution in [-0.2, 0) is 11.0 Å². The Morgan fingerprint density at radius 2 is 1.80 bits per heavy atom. The van der Waals surface area contributed by atoms with Gasteiger partial charge >= 0.3 is 6.18 Å². The summed E-state index contributed by atoms with van der Waals surface area (Å²) in [7, 11) is 0. The van der Waals surface area contributed by atoms with Crippen molar-refractivity contribution < 1.29 is 22.8 Å². The first kappa shape index (κ1) is 21.7. The Morgan fingerprint density at radius 1 is 1.07 bits per heavy atom. The molecular weight excluding hydrogens is 395 g/mol. The largest absolute Gasteiger partial charge is 0.416 e. The Balaban J connectivity index is 1.64. The standard InChI is InChI=1S/C22H24F3N3O2/c1-15-5-4-6-16(13-15)21(30)26-10-9-20(29)27-18-14-17(22(23,24)25)7-8-19(18)28-11-2-3-12-28/h4-8,13-14H,2-3,9-12H2,1H3,(H,26,30)(H,27,29). The lowest BCUT2D eigenvalue weighted by atomic mass is 10.1. The summed E-state index contributed by atoms with van der Waals surface area (Å²) >= 11 is 0. The second-order valence-electron chi connectivity index (χ2n) is 7.35. The lowest BCUT2D eigenvalue weighted by Crippen LogP contribution is -2.28. The number of halogens is 3. The number of aryl methyl sites for hydroxylation is 1. The number of amides is 2. The van der Waals surface area contributed by atoms with Gasteiger partial charge in [0.25, 0.3) is 5.91 Å². The number of carbonyl (C=O) groups excluding carboxylic acids is 2. The Labute approximate surface area is 173 Å². The second kappa shape index (κ2) is 9.19. The van der Waals surface area contributed by atoms with Crippen molar-refractivity contribution >= 4 is 23.2 Å². The number of rotatable bonds is 6. The minimum Gasteiger partial charge on any atom is -0.370 e. The Bertz CT molecular complexity index is 922. The second-order valence-corrected chi connectivity index (χ2v) is 7.35. The van der Waals surface area contributed by atoms with Crippen molar-refractivity contribution in [3.05, 3.63) is 59.2 Å². The summed E-state index contributed by atoms with van der Waals surface area (Å²) in [5.74, 6) is -0.761. The van der Waals surface area contributed by atoms with E-state index in [9.17, 15) is 22.8 Å². The molecule has 0 unspecified atom stereocenters. The molecular formula is C22H24F3N3O2. The Hall–Kier alpha value is -3.03. The molecule has 0 saturated carbocycles. The van der Waals surface area contributed by atoms with Gasteiger partial charge in [0.2, 0.25) is 5.91 Å². The molecule has 1 aliphatic rings. The third kappa shape index (κ3) is 5.52. The van der Waals surface area contributed by atoms with Crippen LogP contribution in [0.25, 0.3) is 0 Å². The number of carbonyl (C=O) groups is 2. The fourth-order valence-electron chi connectivity index (χ4n) is 3.44. The van der Waals surface area contributed by atoms with Crippen molar-refractivity contribution in [2.24, 2.45) is 0 Å². The molecule has 1 fully saturated rings. The topological polar surface area (TPSA) is 61.4 Å². The summed E-state index contributed by atoms with van der Waals surface area (Å²) in [6.07, 6.45) is -2.63. The Morgan fingerprint density at radius 3 is 2.47 bits per heavy atom. The maximum absolute atomic E-state index is 13.1. The molecule has 3 rings (SSSR count). The molecule has 2 N–H and O–H groups in total. The van der Waals surface area contributed by atoms with Crippen molar-refractivity contribution in [3.8, 4) is 0 Å². The summed E-state index contributed by atoms with van der Waals surface area (Å²) < 4.78 is 39.4. The van der Waals surface area contributed by atoms with Crippen LogP contribution in [0.2, 0.25) is 0 Å². The molecule has 2 amide bonds. The van der Waals surface area contributed by atoms with Gasteiger partial charge in [-0.05, 0) is 50.1 Å². The highest BCUT2D eigenvalue weighted by Crippen LogP contribution is 2.36. The highest BCUT2D eigenvalue weighted by Gasteiger charge is 2.32. The first-order valence-corrected chi connectivity index (χ1v) is 9.85. The summed E-state index contributed by atoms with van der Waals surface area (Å²) in [6, 6.07) is 10.5. The van der Waals surface area contributed by atoms with Crippen LogP contribution in [0.15, 0.2) is 42.5 Å². The maximum Gasteiger partial charge on any atom is 0.416 e. The molecule has 0 aliphatic carbocycles. The number of nitrogens with one attached hydrogen (secondary N) is 2. The molecule has 8 heteroatoms. The van der Waals surface area contributed by atoms with Crippen molar-refractivity contribution in [2.75, 3.05) is 29.9 Å². The molecule has 0 bridgehead atoms. The molecule has 30 heavy (non-hydrogen) atoms. The molecule has 2 aromatic carbocycles. The van der Waals surface area contributed by atoms with Gasteiger partial charge in [-0.1, -0.05) is 17.7 Å². The Kier molecular flexibility index (Phi) is 6.64. The molecule has 160 valence electrons. The molecule has 5 nitrogen and oxygen atoms in total. The van der Waals surface area contributed by atoms with Crippen molar-refractivity contribution in [2.45, 2.75) is 32.4 Å². The molecule has 0 aromatic heterocycles. The van der Waals surface area contributed by atoms with Crippen LogP contribution in [0.3, 0.4) is 0 Å². The van der Waals surface area contributed by atoms with Gasteiger partial charge in [0.15, 0.2) is 0 Å². The SMILES string of the molecule is Cc1cccc(C(=O)NCCC(=O)Nc2cc(C(F)(F)F)ccc2N2CCCC2)c1. The van der Waals surface area contributed by atoms with Gasteiger partial charge in [0, 0.05) is 31.6 Å². The first-order chi connectivity index (χ1) is 14.2. The number of nitrogens with zero attached hydrogens (tertiary/aromatic N) is 1. The van der Waals surface area contributed by atoms with E-state index >= 15 is 0 Å². The molecule has 1 saturated heterocycles. The summed E-state index contributed by atoms with van der Waals surface area (Å²) in [4.78, 5) is 26.5. The highest BCUT2D eigenvalue weighted by atomic mass is 19.4. The van der Waals surface area contributed by atoms with Crippen LogP contribution in [0.5, 0.6) is 0 Å². The van der Waals surface area contributed by atoms with E-state index in [1.165, 1.54) is 6.07 Å². The first-order valence-electron chi connectivity index (χ1n) is 9.85.